The molecule has 4 N–H and O–H groups in total. The van der Waals surface area contributed by atoms with Gasteiger partial charge in [0.25, 0.3) is 0 Å². The number of nitrogens with one attached hydrogen (secondary N) is 1. The molecule has 20 heavy (non-hydrogen) atoms. The van der Waals surface area contributed by atoms with Crippen LogP contribution in [0, 0.1) is 0 Å². The first-order valence-corrected chi connectivity index (χ1v) is 7.92. The van der Waals surface area contributed by atoms with Crippen molar-refractivity contribution in [3.05, 3.63) is 30.4 Å². The molecule has 0 amide bonds. The lowest BCUT2D eigenvalue weighted by molar-refractivity contribution is 0.478. The third-order valence-electron chi connectivity index (χ3n) is 2.87. The number of phenols is 1. The van der Waals surface area contributed by atoms with Gasteiger partial charge in [0.2, 0.25) is 10.0 Å². The highest BCUT2D eigenvalue weighted by atomic mass is 32.2. The fourth-order valence-electron chi connectivity index (χ4n) is 1.80. The summed E-state index contributed by atoms with van der Waals surface area (Å²) in [6.45, 7) is 9.17. The number of benzene rings is 1. The van der Waals surface area contributed by atoms with Crippen LogP contribution >= 0.6 is 0 Å². The van der Waals surface area contributed by atoms with Gasteiger partial charge in [-0.15, -0.1) is 0 Å². The van der Waals surface area contributed by atoms with Gasteiger partial charge in [-0.2, -0.15) is 0 Å². The first kappa shape index (κ1) is 16.1. The lowest BCUT2D eigenvalue weighted by Gasteiger charge is -2.15. The van der Waals surface area contributed by atoms with Crippen molar-refractivity contribution in [2.24, 2.45) is 0 Å². The molecule has 0 bridgehead atoms. The molecule has 6 heteroatoms. The number of aromatic hydroxyl groups is 1. The molecule has 0 aliphatic carbocycles. The van der Waals surface area contributed by atoms with Crippen LogP contribution in [0.15, 0.2) is 19.2 Å². The minimum Gasteiger partial charge on any atom is -0.506 e. The Morgan fingerprint density at radius 3 is 2.45 bits per heavy atom. The highest BCUT2D eigenvalue weighted by Crippen LogP contribution is 2.35. The number of hydrogen-bond donors (Lipinski definition) is 3. The minimum atomic E-state index is -3.47. The van der Waals surface area contributed by atoms with Gasteiger partial charge in [0.1, 0.15) is 5.75 Å². The van der Waals surface area contributed by atoms with Crippen LogP contribution in [-0.2, 0) is 10.0 Å². The fourth-order valence-corrected chi connectivity index (χ4v) is 3.07. The molecule has 110 valence electrons. The van der Waals surface area contributed by atoms with Crippen LogP contribution in [0.25, 0.3) is 12.2 Å². The van der Waals surface area contributed by atoms with E-state index >= 15 is 0 Å². The molecule has 0 aromatic heterocycles. The number of sulfonamides is 1. The maximum Gasteiger partial charge on any atom is 0.232 e. The van der Waals surface area contributed by atoms with Crippen LogP contribution in [0.1, 0.15) is 30.9 Å². The maximum absolute atomic E-state index is 11.9. The molecule has 1 aromatic carbocycles. The average molecular weight is 296 g/mol. The number of rotatable bonds is 7. The van der Waals surface area contributed by atoms with Crippen molar-refractivity contribution in [3.63, 3.8) is 0 Å². The van der Waals surface area contributed by atoms with Crippen LogP contribution in [0.4, 0.5) is 11.4 Å². The number of phenolic OH excluding ortho intramolecular Hbond substituents is 1. The maximum atomic E-state index is 11.9. The number of unbranched alkanes of at least 4 members (excludes halogenated alkanes) is 1. The van der Waals surface area contributed by atoms with Crippen LogP contribution in [0.2, 0.25) is 0 Å². The molecule has 0 spiro atoms. The molecule has 0 heterocycles. The van der Waals surface area contributed by atoms with E-state index in [2.05, 4.69) is 17.9 Å². The molecule has 0 aliphatic rings. The standard InChI is InChI=1S/C14H20N2O3S/c1-4-7-8-20(18,19)16-12-9-13(17)14(15)11(6-3)10(12)5-2/h5-6,9,16-17H,2-4,7-8,15H2,1H3. The van der Waals surface area contributed by atoms with Crippen molar-refractivity contribution in [2.45, 2.75) is 19.8 Å². The topological polar surface area (TPSA) is 92.4 Å². The zero-order valence-electron chi connectivity index (χ0n) is 11.5. The number of hydrogen-bond acceptors (Lipinski definition) is 4. The normalized spacial score (nSPS) is 11.1. The summed E-state index contributed by atoms with van der Waals surface area (Å²) in [7, 11) is -3.47. The quantitative estimate of drug-likeness (QED) is 0.533. The van der Waals surface area contributed by atoms with E-state index in [-0.39, 0.29) is 22.9 Å². The Labute approximate surface area is 119 Å². The third-order valence-corrected chi connectivity index (χ3v) is 4.22. The van der Waals surface area contributed by atoms with E-state index in [0.29, 0.717) is 17.5 Å². The molecule has 0 atom stereocenters. The van der Waals surface area contributed by atoms with Gasteiger partial charge in [0.05, 0.1) is 17.1 Å². The second-order valence-corrected chi connectivity index (χ2v) is 6.21. The molecule has 0 radical (unpaired) electrons. The third kappa shape index (κ3) is 3.54. The Bertz CT molecular complexity index is 622. The van der Waals surface area contributed by atoms with Crippen LogP contribution in [-0.4, -0.2) is 19.3 Å². The summed E-state index contributed by atoms with van der Waals surface area (Å²) < 4.78 is 26.3. The van der Waals surface area contributed by atoms with Crippen molar-refractivity contribution in [2.75, 3.05) is 16.2 Å². The molecule has 0 aliphatic heterocycles. The van der Waals surface area contributed by atoms with Gasteiger partial charge in [-0.1, -0.05) is 38.7 Å². The monoisotopic (exact) mass is 296 g/mol. The van der Waals surface area contributed by atoms with Crippen LogP contribution < -0.4 is 10.5 Å². The molecule has 0 saturated carbocycles. The molecule has 1 aromatic rings. The molecular formula is C14H20N2O3S. The van der Waals surface area contributed by atoms with Crippen molar-refractivity contribution in [3.8, 4) is 5.75 Å². The largest absolute Gasteiger partial charge is 0.506 e. The Balaban J connectivity index is 3.29. The van der Waals surface area contributed by atoms with E-state index in [1.54, 1.807) is 0 Å². The van der Waals surface area contributed by atoms with Gasteiger partial charge in [-0.3, -0.25) is 4.72 Å². The first-order valence-electron chi connectivity index (χ1n) is 6.27. The molecule has 1 rings (SSSR count). The van der Waals surface area contributed by atoms with E-state index in [1.807, 2.05) is 6.92 Å². The summed E-state index contributed by atoms with van der Waals surface area (Å²) >= 11 is 0. The van der Waals surface area contributed by atoms with Gasteiger partial charge in [-0.25, -0.2) is 8.42 Å². The van der Waals surface area contributed by atoms with Crippen molar-refractivity contribution in [1.82, 2.24) is 0 Å². The Morgan fingerprint density at radius 2 is 1.95 bits per heavy atom. The van der Waals surface area contributed by atoms with E-state index < -0.39 is 10.0 Å². The second-order valence-electron chi connectivity index (χ2n) is 4.37. The molecule has 0 unspecified atom stereocenters. The lowest BCUT2D eigenvalue weighted by atomic mass is 10.0. The minimum absolute atomic E-state index is 0.0225. The highest BCUT2D eigenvalue weighted by molar-refractivity contribution is 7.92. The van der Waals surface area contributed by atoms with Crippen LogP contribution in [0.5, 0.6) is 5.75 Å². The summed E-state index contributed by atoms with van der Waals surface area (Å²) in [6, 6.07) is 1.28. The SMILES string of the molecule is C=Cc1c(NS(=O)(=O)CCCC)cc(O)c(N)c1C=C. The number of nitrogens with two attached hydrogens (primary N) is 1. The van der Waals surface area contributed by atoms with E-state index in [9.17, 15) is 13.5 Å². The molecule has 5 nitrogen and oxygen atoms in total. The van der Waals surface area contributed by atoms with E-state index in [4.69, 9.17) is 5.73 Å². The van der Waals surface area contributed by atoms with Gasteiger partial charge in [0, 0.05) is 17.2 Å². The predicted molar refractivity (Wildman–Crippen MR) is 85.0 cm³/mol. The van der Waals surface area contributed by atoms with Gasteiger partial charge >= 0.3 is 0 Å². The summed E-state index contributed by atoms with van der Waals surface area (Å²) in [4.78, 5) is 0. The lowest BCUT2D eigenvalue weighted by Crippen LogP contribution is -2.17. The van der Waals surface area contributed by atoms with Crippen molar-refractivity contribution in [1.29, 1.82) is 0 Å². The summed E-state index contributed by atoms with van der Waals surface area (Å²) in [5.74, 6) is -0.173. The van der Waals surface area contributed by atoms with Crippen molar-refractivity contribution >= 4 is 33.6 Å². The summed E-state index contributed by atoms with van der Waals surface area (Å²) in [6.07, 6.45) is 4.27. The zero-order valence-corrected chi connectivity index (χ0v) is 12.3. The van der Waals surface area contributed by atoms with Gasteiger partial charge in [-0.05, 0) is 6.42 Å². The average Bonchev–Trinajstić information content (AvgIpc) is 2.39. The van der Waals surface area contributed by atoms with E-state index in [0.717, 1.165) is 6.42 Å². The molecule has 0 saturated heterocycles. The van der Waals surface area contributed by atoms with Gasteiger partial charge < -0.3 is 10.8 Å². The van der Waals surface area contributed by atoms with E-state index in [1.165, 1.54) is 18.2 Å². The number of nitrogen functional groups attached to an aromatic ring is 1. The Kier molecular flexibility index (Phi) is 5.21. The smallest absolute Gasteiger partial charge is 0.232 e. The van der Waals surface area contributed by atoms with Crippen molar-refractivity contribution < 1.29 is 13.5 Å². The Hall–Kier alpha value is -1.95. The van der Waals surface area contributed by atoms with Gasteiger partial charge in [0.15, 0.2) is 0 Å². The number of anilines is 2. The summed E-state index contributed by atoms with van der Waals surface area (Å²) in [5, 5.41) is 9.76. The zero-order chi connectivity index (χ0) is 15.3. The second kappa shape index (κ2) is 6.47. The highest BCUT2D eigenvalue weighted by Gasteiger charge is 2.16. The molecular weight excluding hydrogens is 276 g/mol. The predicted octanol–water partition coefficient (Wildman–Crippen LogP) is 2.80. The molecule has 0 fully saturated rings. The summed E-state index contributed by atoms with van der Waals surface area (Å²) in [5.41, 5.74) is 7.08. The first-order chi connectivity index (χ1) is 9.36. The van der Waals surface area contributed by atoms with Crippen LogP contribution in [0.3, 0.4) is 0 Å². The Morgan fingerprint density at radius 1 is 1.35 bits per heavy atom. The fraction of sp³-hybridized carbons (Fsp3) is 0.286.